The van der Waals surface area contributed by atoms with Crippen molar-refractivity contribution in [1.29, 1.82) is 0 Å². The van der Waals surface area contributed by atoms with Crippen LogP contribution in [0.4, 0.5) is 19.0 Å². The Balaban J connectivity index is 1.63. The summed E-state index contributed by atoms with van der Waals surface area (Å²) in [6.45, 7) is 2.79. The Morgan fingerprint density at radius 1 is 1.21 bits per heavy atom. The van der Waals surface area contributed by atoms with E-state index in [9.17, 15) is 18.3 Å². The molecule has 2 N–H and O–H groups in total. The van der Waals surface area contributed by atoms with Crippen molar-refractivity contribution in [2.75, 3.05) is 18.0 Å². The second-order valence-electron chi connectivity index (χ2n) is 7.23. The third-order valence-corrected chi connectivity index (χ3v) is 4.68. The van der Waals surface area contributed by atoms with Gasteiger partial charge in [0.15, 0.2) is 5.60 Å². The summed E-state index contributed by atoms with van der Waals surface area (Å²) in [6.07, 6.45) is -3.11. The highest BCUT2D eigenvalue weighted by Crippen LogP contribution is 2.40. The number of nitrogens with one attached hydrogen (secondary N) is 1. The molecular weight excluding hydrogens is 373 g/mol. The number of halogens is 3. The van der Waals surface area contributed by atoms with Gasteiger partial charge in [-0.15, -0.1) is 0 Å². The molecule has 4 rings (SSSR count). The van der Waals surface area contributed by atoms with Crippen molar-refractivity contribution >= 4 is 16.7 Å². The van der Waals surface area contributed by atoms with Crippen LogP contribution >= 0.6 is 0 Å². The fourth-order valence-electron chi connectivity index (χ4n) is 3.22. The number of anilines is 1. The van der Waals surface area contributed by atoms with Crippen molar-refractivity contribution in [2.24, 2.45) is 0 Å². The minimum absolute atomic E-state index is 0.0270. The van der Waals surface area contributed by atoms with E-state index in [2.05, 4.69) is 15.2 Å². The number of aromatic nitrogens is 3. The number of benzene rings is 1. The summed E-state index contributed by atoms with van der Waals surface area (Å²) in [6, 6.07) is 9.00. The molecule has 0 radical (unpaired) electrons. The Morgan fingerprint density at radius 3 is 2.64 bits per heavy atom. The van der Waals surface area contributed by atoms with Crippen LogP contribution in [0.15, 0.2) is 36.5 Å². The Kier molecular flexibility index (Phi) is 4.22. The molecule has 148 valence electrons. The molecule has 0 aliphatic carbocycles. The number of hydrogen-bond donors (Lipinski definition) is 2. The Morgan fingerprint density at radius 2 is 1.96 bits per heavy atom. The molecule has 28 heavy (non-hydrogen) atoms. The van der Waals surface area contributed by atoms with Gasteiger partial charge in [0.25, 0.3) is 0 Å². The molecule has 3 aromatic rings. The number of H-pyrrole nitrogens is 1. The summed E-state index contributed by atoms with van der Waals surface area (Å²) in [7, 11) is 0. The SMILES string of the molecule is CC(C)Oc1ccc2[nH]nc(-c3ccnc(N4CC(O)(C(F)(F)F)C4)c3)c2c1. The van der Waals surface area contributed by atoms with E-state index in [1.165, 1.54) is 11.1 Å². The standard InChI is InChI=1S/C19H19F3N4O2/c1-11(2)28-13-3-4-15-14(8-13)17(25-24-15)12-5-6-23-16(7-12)26-9-18(27,10-26)19(20,21)22/h3-8,11,27H,9-10H2,1-2H3,(H,24,25). The fraction of sp³-hybridized carbons (Fsp3) is 0.368. The minimum Gasteiger partial charge on any atom is -0.491 e. The van der Waals surface area contributed by atoms with Crippen LogP contribution in [0, 0.1) is 0 Å². The molecule has 1 saturated heterocycles. The van der Waals surface area contributed by atoms with Crippen molar-refractivity contribution < 1.29 is 23.0 Å². The summed E-state index contributed by atoms with van der Waals surface area (Å²) >= 11 is 0. The molecular formula is C19H19F3N4O2. The van der Waals surface area contributed by atoms with E-state index in [0.717, 1.165) is 10.9 Å². The molecule has 1 aliphatic rings. The second kappa shape index (κ2) is 6.37. The number of ether oxygens (including phenoxy) is 1. The van der Waals surface area contributed by atoms with Crippen molar-refractivity contribution in [2.45, 2.75) is 31.7 Å². The topological polar surface area (TPSA) is 74.3 Å². The van der Waals surface area contributed by atoms with Gasteiger partial charge >= 0.3 is 6.18 Å². The molecule has 0 unspecified atom stereocenters. The molecule has 9 heteroatoms. The summed E-state index contributed by atoms with van der Waals surface area (Å²) in [5.74, 6) is 1.06. The number of alkyl halides is 3. The van der Waals surface area contributed by atoms with Crippen LogP contribution in [0.5, 0.6) is 5.75 Å². The molecule has 0 bridgehead atoms. The second-order valence-corrected chi connectivity index (χ2v) is 7.23. The Bertz CT molecular complexity index is 1010. The molecule has 1 fully saturated rings. The highest BCUT2D eigenvalue weighted by atomic mass is 19.4. The third-order valence-electron chi connectivity index (χ3n) is 4.68. The number of nitrogens with zero attached hydrogens (tertiary/aromatic N) is 3. The van der Waals surface area contributed by atoms with Gasteiger partial charge in [-0.05, 0) is 44.2 Å². The van der Waals surface area contributed by atoms with Crippen molar-refractivity contribution in [1.82, 2.24) is 15.2 Å². The van der Waals surface area contributed by atoms with Crippen LogP contribution in [0.3, 0.4) is 0 Å². The number of hydrogen-bond acceptors (Lipinski definition) is 5. The maximum Gasteiger partial charge on any atom is 0.420 e. The van der Waals surface area contributed by atoms with E-state index in [4.69, 9.17) is 4.74 Å². The highest BCUT2D eigenvalue weighted by molar-refractivity contribution is 5.94. The smallest absolute Gasteiger partial charge is 0.420 e. The molecule has 0 saturated carbocycles. The van der Waals surface area contributed by atoms with E-state index < -0.39 is 24.9 Å². The zero-order valence-electron chi connectivity index (χ0n) is 15.3. The van der Waals surface area contributed by atoms with Crippen LogP contribution in [-0.4, -0.2) is 51.3 Å². The quantitative estimate of drug-likeness (QED) is 0.711. The molecule has 0 amide bonds. The van der Waals surface area contributed by atoms with Gasteiger partial charge in [0.2, 0.25) is 0 Å². The van der Waals surface area contributed by atoms with Crippen molar-refractivity contribution in [3.8, 4) is 17.0 Å². The largest absolute Gasteiger partial charge is 0.491 e. The van der Waals surface area contributed by atoms with Gasteiger partial charge in [-0.3, -0.25) is 5.10 Å². The van der Waals surface area contributed by atoms with Crippen molar-refractivity contribution in [3.63, 3.8) is 0 Å². The molecule has 1 aromatic carbocycles. The lowest BCUT2D eigenvalue weighted by Crippen LogP contribution is -2.69. The van der Waals surface area contributed by atoms with Gasteiger partial charge in [-0.2, -0.15) is 18.3 Å². The van der Waals surface area contributed by atoms with Gasteiger partial charge in [-0.25, -0.2) is 4.98 Å². The number of pyridine rings is 1. The summed E-state index contributed by atoms with van der Waals surface area (Å²) in [5, 5.41) is 17.8. The summed E-state index contributed by atoms with van der Waals surface area (Å²) in [4.78, 5) is 5.53. The molecule has 0 spiro atoms. The normalized spacial score (nSPS) is 16.5. The molecule has 2 aromatic heterocycles. The van der Waals surface area contributed by atoms with Crippen LogP contribution in [0.1, 0.15) is 13.8 Å². The van der Waals surface area contributed by atoms with E-state index in [1.807, 2.05) is 32.0 Å². The molecule has 6 nitrogen and oxygen atoms in total. The lowest BCUT2D eigenvalue weighted by atomic mass is 9.93. The first kappa shape index (κ1) is 18.5. The Hall–Kier alpha value is -2.81. The van der Waals surface area contributed by atoms with Gasteiger partial charge < -0.3 is 14.7 Å². The summed E-state index contributed by atoms with van der Waals surface area (Å²) in [5.41, 5.74) is -0.507. The average molecular weight is 392 g/mol. The van der Waals surface area contributed by atoms with E-state index in [-0.39, 0.29) is 6.10 Å². The van der Waals surface area contributed by atoms with Crippen LogP contribution < -0.4 is 9.64 Å². The number of aromatic amines is 1. The maximum atomic E-state index is 12.9. The van der Waals surface area contributed by atoms with Crippen molar-refractivity contribution in [3.05, 3.63) is 36.5 Å². The first-order valence-corrected chi connectivity index (χ1v) is 8.81. The minimum atomic E-state index is -4.66. The maximum absolute atomic E-state index is 12.9. The molecule has 0 atom stereocenters. The molecule has 3 heterocycles. The van der Waals surface area contributed by atoms with Crippen LogP contribution in [0.25, 0.3) is 22.2 Å². The zero-order chi connectivity index (χ0) is 20.1. The monoisotopic (exact) mass is 392 g/mol. The van der Waals surface area contributed by atoms with E-state index in [1.54, 1.807) is 12.1 Å². The first-order chi connectivity index (χ1) is 13.2. The third kappa shape index (κ3) is 3.15. The lowest BCUT2D eigenvalue weighted by Gasteiger charge is -2.47. The first-order valence-electron chi connectivity index (χ1n) is 8.81. The van der Waals surface area contributed by atoms with Gasteiger partial charge in [0, 0.05) is 17.1 Å². The number of fused-ring (bicyclic) bond motifs is 1. The number of rotatable bonds is 4. The zero-order valence-corrected chi connectivity index (χ0v) is 15.3. The number of aliphatic hydroxyl groups is 1. The average Bonchev–Trinajstić information content (AvgIpc) is 3.00. The highest BCUT2D eigenvalue weighted by Gasteiger charge is 2.61. The van der Waals surface area contributed by atoms with E-state index in [0.29, 0.717) is 22.8 Å². The fourth-order valence-corrected chi connectivity index (χ4v) is 3.22. The van der Waals surface area contributed by atoms with Crippen LogP contribution in [0.2, 0.25) is 0 Å². The Labute approximate surface area is 159 Å². The van der Waals surface area contributed by atoms with Gasteiger partial charge in [0.1, 0.15) is 17.3 Å². The predicted octanol–water partition coefficient (Wildman–Crippen LogP) is 3.53. The van der Waals surface area contributed by atoms with Crippen LogP contribution in [-0.2, 0) is 0 Å². The predicted molar refractivity (Wildman–Crippen MR) is 98.3 cm³/mol. The summed E-state index contributed by atoms with van der Waals surface area (Å²) < 4.78 is 44.3. The lowest BCUT2D eigenvalue weighted by molar-refractivity contribution is -0.267. The van der Waals surface area contributed by atoms with Gasteiger partial charge in [-0.1, -0.05) is 0 Å². The van der Waals surface area contributed by atoms with Gasteiger partial charge in [0.05, 0.1) is 24.7 Å². The number of β-amino-alcohol motifs (C(OH)–C–C–N with tert-alkyl or cyclic N) is 1. The van der Waals surface area contributed by atoms with E-state index >= 15 is 0 Å². The molecule has 1 aliphatic heterocycles.